The van der Waals surface area contributed by atoms with Crippen LogP contribution in [0.2, 0.25) is 5.02 Å². The third kappa shape index (κ3) is 5.16. The summed E-state index contributed by atoms with van der Waals surface area (Å²) in [6, 6.07) is 8.09. The molecule has 1 heterocycles. The number of nitrogens with zero attached hydrogens (tertiary/aromatic N) is 2. The second-order valence-electron chi connectivity index (χ2n) is 5.29. The molecule has 0 amide bonds. The number of aliphatic hydroxyl groups excluding tert-OH is 1. The zero-order valence-electron chi connectivity index (χ0n) is 12.8. The van der Waals surface area contributed by atoms with Crippen LogP contribution in [0.25, 0.3) is 0 Å². The molecular formula is C17H17ClN2O3. The zero-order chi connectivity index (χ0) is 16.8. The molecule has 0 saturated heterocycles. The van der Waals surface area contributed by atoms with Gasteiger partial charge in [-0.15, -0.1) is 0 Å². The summed E-state index contributed by atoms with van der Waals surface area (Å²) < 4.78 is 5.29. The Hall–Kier alpha value is -2.24. The van der Waals surface area contributed by atoms with Crippen molar-refractivity contribution in [3.63, 3.8) is 0 Å². The van der Waals surface area contributed by atoms with Crippen LogP contribution in [0.15, 0.2) is 47.7 Å². The van der Waals surface area contributed by atoms with Crippen molar-refractivity contribution < 1.29 is 14.6 Å². The number of benzene rings is 1. The van der Waals surface area contributed by atoms with Gasteiger partial charge in [-0.05, 0) is 41.8 Å². The Labute approximate surface area is 139 Å². The molecule has 0 aliphatic rings. The number of aliphatic hydroxyl groups is 1. The van der Waals surface area contributed by atoms with Crippen molar-refractivity contribution in [3.8, 4) is 5.75 Å². The number of hydrogen-bond donors (Lipinski definition) is 1. The average Bonchev–Trinajstić information content (AvgIpc) is 2.52. The summed E-state index contributed by atoms with van der Waals surface area (Å²) in [6.45, 7) is 3.72. The number of aliphatic imine (C=N–C) groups is 1. The molecule has 0 saturated carbocycles. The number of carbonyl (C=O) groups excluding carboxylic acids is 1. The van der Waals surface area contributed by atoms with E-state index in [9.17, 15) is 9.90 Å². The van der Waals surface area contributed by atoms with E-state index in [2.05, 4.69) is 9.98 Å². The van der Waals surface area contributed by atoms with Crippen molar-refractivity contribution in [1.82, 2.24) is 4.98 Å². The highest BCUT2D eigenvalue weighted by molar-refractivity contribution is 6.31. The van der Waals surface area contributed by atoms with Crippen molar-refractivity contribution in [2.45, 2.75) is 20.1 Å². The van der Waals surface area contributed by atoms with Gasteiger partial charge in [0.05, 0.1) is 5.56 Å². The first-order valence-electron chi connectivity index (χ1n) is 7.10. The summed E-state index contributed by atoms with van der Waals surface area (Å²) >= 11 is 6.03. The van der Waals surface area contributed by atoms with Crippen LogP contribution in [0.5, 0.6) is 5.75 Å². The van der Waals surface area contributed by atoms with Gasteiger partial charge in [0.25, 0.3) is 0 Å². The van der Waals surface area contributed by atoms with Crippen LogP contribution >= 0.6 is 11.6 Å². The Morgan fingerprint density at radius 2 is 2.17 bits per heavy atom. The molecule has 120 valence electrons. The van der Waals surface area contributed by atoms with Gasteiger partial charge in [0.1, 0.15) is 12.0 Å². The maximum atomic E-state index is 12.0. The number of pyridine rings is 1. The van der Waals surface area contributed by atoms with Crippen molar-refractivity contribution >= 4 is 23.8 Å². The van der Waals surface area contributed by atoms with Gasteiger partial charge in [-0.25, -0.2) is 4.79 Å². The molecule has 1 unspecified atom stereocenters. The highest BCUT2D eigenvalue weighted by atomic mass is 35.5. The van der Waals surface area contributed by atoms with E-state index in [0.717, 1.165) is 0 Å². The smallest absolute Gasteiger partial charge is 0.345 e. The molecule has 0 radical (unpaired) electrons. The lowest BCUT2D eigenvalue weighted by molar-refractivity contribution is 0.0734. The van der Waals surface area contributed by atoms with Gasteiger partial charge in [0.15, 0.2) is 0 Å². The van der Waals surface area contributed by atoms with Gasteiger partial charge < -0.3 is 9.84 Å². The summed E-state index contributed by atoms with van der Waals surface area (Å²) in [7, 11) is 0. The van der Waals surface area contributed by atoms with Crippen LogP contribution < -0.4 is 4.74 Å². The molecule has 1 aromatic carbocycles. The SMILES string of the molecule is CC(C)C(O)N=Cc1cc(Cl)cc(OC(=O)c2cccnc2)c1. The molecule has 0 bridgehead atoms. The minimum atomic E-state index is -0.796. The molecule has 1 aromatic heterocycles. The van der Waals surface area contributed by atoms with Gasteiger partial charge in [0, 0.05) is 23.6 Å². The number of carbonyl (C=O) groups is 1. The third-order valence-electron chi connectivity index (χ3n) is 2.97. The maximum absolute atomic E-state index is 12.0. The van der Waals surface area contributed by atoms with E-state index in [1.165, 1.54) is 18.5 Å². The highest BCUT2D eigenvalue weighted by Gasteiger charge is 2.10. The van der Waals surface area contributed by atoms with Gasteiger partial charge >= 0.3 is 5.97 Å². The fourth-order valence-electron chi connectivity index (χ4n) is 1.70. The molecule has 2 rings (SSSR count). The molecule has 1 atom stereocenters. The van der Waals surface area contributed by atoms with Crippen LogP contribution in [0.4, 0.5) is 0 Å². The van der Waals surface area contributed by atoms with Gasteiger partial charge in [-0.1, -0.05) is 25.4 Å². The molecule has 2 aromatic rings. The van der Waals surface area contributed by atoms with Gasteiger partial charge in [-0.2, -0.15) is 0 Å². The van der Waals surface area contributed by atoms with Crippen LogP contribution in [0, 0.1) is 5.92 Å². The van der Waals surface area contributed by atoms with Crippen molar-refractivity contribution in [3.05, 3.63) is 58.9 Å². The summed E-state index contributed by atoms with van der Waals surface area (Å²) in [6.07, 6.45) is 3.70. The van der Waals surface area contributed by atoms with E-state index in [0.29, 0.717) is 21.9 Å². The number of ether oxygens (including phenoxy) is 1. The van der Waals surface area contributed by atoms with E-state index < -0.39 is 12.2 Å². The summed E-state index contributed by atoms with van der Waals surface area (Å²) in [5, 5.41) is 10.1. The molecular weight excluding hydrogens is 316 g/mol. The van der Waals surface area contributed by atoms with Crippen LogP contribution in [-0.4, -0.2) is 28.5 Å². The second kappa shape index (κ2) is 7.85. The second-order valence-corrected chi connectivity index (χ2v) is 5.72. The van der Waals surface area contributed by atoms with Crippen LogP contribution in [0.1, 0.15) is 29.8 Å². The highest BCUT2D eigenvalue weighted by Crippen LogP contribution is 2.21. The number of halogens is 1. The predicted molar refractivity (Wildman–Crippen MR) is 89.1 cm³/mol. The Kier molecular flexibility index (Phi) is 5.84. The van der Waals surface area contributed by atoms with Crippen molar-refractivity contribution in [2.75, 3.05) is 0 Å². The van der Waals surface area contributed by atoms with Crippen molar-refractivity contribution in [2.24, 2.45) is 10.9 Å². The van der Waals surface area contributed by atoms with Crippen LogP contribution in [0.3, 0.4) is 0 Å². The van der Waals surface area contributed by atoms with Crippen LogP contribution in [-0.2, 0) is 0 Å². The lowest BCUT2D eigenvalue weighted by Crippen LogP contribution is -2.11. The predicted octanol–water partition coefficient (Wildman–Crippen LogP) is 3.35. The number of rotatable bonds is 5. The summed E-state index contributed by atoms with van der Waals surface area (Å²) in [5.74, 6) is -0.217. The molecule has 6 heteroatoms. The minimum absolute atomic E-state index is 0.00770. The Morgan fingerprint density at radius 3 is 2.83 bits per heavy atom. The third-order valence-corrected chi connectivity index (χ3v) is 3.19. The average molecular weight is 333 g/mol. The van der Waals surface area contributed by atoms with E-state index in [4.69, 9.17) is 16.3 Å². The lowest BCUT2D eigenvalue weighted by Gasteiger charge is -2.09. The lowest BCUT2D eigenvalue weighted by atomic mass is 10.2. The molecule has 0 aliphatic carbocycles. The molecule has 5 nitrogen and oxygen atoms in total. The topological polar surface area (TPSA) is 71.8 Å². The van der Waals surface area contributed by atoms with Crippen molar-refractivity contribution in [1.29, 1.82) is 0 Å². The summed E-state index contributed by atoms with van der Waals surface area (Å²) in [4.78, 5) is 19.9. The Balaban J connectivity index is 2.16. The fraction of sp³-hybridized carbons (Fsp3) is 0.235. The molecule has 1 N–H and O–H groups in total. The van der Waals surface area contributed by atoms with Gasteiger partial charge in [0.2, 0.25) is 0 Å². The largest absolute Gasteiger partial charge is 0.423 e. The molecule has 0 spiro atoms. The Bertz CT molecular complexity index is 702. The minimum Gasteiger partial charge on any atom is -0.423 e. The fourth-order valence-corrected chi connectivity index (χ4v) is 1.94. The number of hydrogen-bond acceptors (Lipinski definition) is 5. The van der Waals surface area contributed by atoms with E-state index in [1.54, 1.807) is 30.5 Å². The first-order valence-corrected chi connectivity index (χ1v) is 7.47. The molecule has 23 heavy (non-hydrogen) atoms. The van der Waals surface area contributed by atoms with Gasteiger partial charge in [-0.3, -0.25) is 9.98 Å². The number of aromatic nitrogens is 1. The van der Waals surface area contributed by atoms with E-state index in [1.807, 2.05) is 13.8 Å². The summed E-state index contributed by atoms with van der Waals surface area (Å²) in [5.41, 5.74) is 0.976. The maximum Gasteiger partial charge on any atom is 0.345 e. The van der Waals surface area contributed by atoms with E-state index in [-0.39, 0.29) is 5.92 Å². The monoisotopic (exact) mass is 332 g/mol. The normalized spacial score (nSPS) is 12.6. The molecule has 0 aliphatic heterocycles. The first-order chi connectivity index (χ1) is 11.0. The number of esters is 1. The first kappa shape index (κ1) is 17.1. The standard InChI is InChI=1S/C17H17ClN2O3/c1-11(2)16(21)20-9-12-6-14(18)8-15(7-12)23-17(22)13-4-3-5-19-10-13/h3-11,16,21H,1-2H3. The molecule has 0 fully saturated rings. The quantitative estimate of drug-likeness (QED) is 0.518. The Morgan fingerprint density at radius 1 is 1.39 bits per heavy atom. The zero-order valence-corrected chi connectivity index (χ0v) is 13.6. The van der Waals surface area contributed by atoms with E-state index >= 15 is 0 Å².